The Bertz CT molecular complexity index is 8740. The first-order chi connectivity index (χ1) is 57.5. The summed E-state index contributed by atoms with van der Waals surface area (Å²) in [6.45, 7) is 0. The van der Waals surface area contributed by atoms with Crippen LogP contribution in [0.3, 0.4) is 0 Å². The molecule has 0 bridgehead atoms. The molecule has 8 heteroatoms. The average Bonchev–Trinajstić information content (AvgIpc) is 1.55. The van der Waals surface area contributed by atoms with Crippen LogP contribution in [0.2, 0.25) is 0 Å². The summed E-state index contributed by atoms with van der Waals surface area (Å²) in [4.78, 5) is 0. The Morgan fingerprint density at radius 3 is 0.793 bits per heavy atom. The van der Waals surface area contributed by atoms with Crippen molar-refractivity contribution in [1.29, 1.82) is 0 Å². The second-order valence-electron chi connectivity index (χ2n) is 31.0. The SMILES string of the molecule is c1ccc(-n2c3ccccc3c3ccc4c5ccccc5n(-c5cc(-c6cccc(-n7c8ccccc8c8ccc9c%10ccccc%10n(-c%10cccc(-c%11ccc%12sc%13ccccc%13c%12c%11)c%10)c9c87)c6)cc(-n6c7ccccc7c7ccc8c9ccccc9n(-c9cccc(-c%10ccc%11c(c%10)sc%10ccccc%10%11)c9)c8c76)c5)c4c32)cc1. The molecule has 116 heavy (non-hydrogen) atoms. The quantitative estimate of drug-likeness (QED) is 0.138. The van der Waals surface area contributed by atoms with Gasteiger partial charge in [-0.15, -0.1) is 22.7 Å². The van der Waals surface area contributed by atoms with Gasteiger partial charge in [0.15, 0.2) is 0 Å². The largest absolute Gasteiger partial charge is 0.307 e. The zero-order chi connectivity index (χ0) is 75.5. The number of nitrogens with zero attached hydrogens (tertiary/aromatic N) is 6. The summed E-state index contributed by atoms with van der Waals surface area (Å²) in [6.07, 6.45) is 0. The Morgan fingerprint density at radius 2 is 0.388 bits per heavy atom. The Balaban J connectivity index is 0.744. The van der Waals surface area contributed by atoms with Crippen molar-refractivity contribution in [2.75, 3.05) is 0 Å². The second-order valence-corrected chi connectivity index (χ2v) is 33.2. The molecule has 0 aliphatic carbocycles. The van der Waals surface area contributed by atoms with E-state index < -0.39 is 0 Å². The Kier molecular flexibility index (Phi) is 13.4. The predicted molar refractivity (Wildman–Crippen MR) is 495 cm³/mol. The maximum Gasteiger partial charge on any atom is 0.0788 e. The van der Waals surface area contributed by atoms with Crippen LogP contribution in [-0.4, -0.2) is 27.4 Å². The maximum atomic E-state index is 2.60. The number of fused-ring (bicyclic) bond motifs is 27. The normalized spacial score (nSPS) is 12.3. The Morgan fingerprint density at radius 1 is 0.129 bits per heavy atom. The summed E-state index contributed by atoms with van der Waals surface area (Å²) in [6, 6.07) is 146. The van der Waals surface area contributed by atoms with Crippen LogP contribution in [0, 0.1) is 0 Å². The summed E-state index contributed by atoms with van der Waals surface area (Å²) < 4.78 is 20.5. The molecule has 0 N–H and O–H groups in total. The van der Waals surface area contributed by atoms with Crippen molar-refractivity contribution in [3.8, 4) is 67.5 Å². The van der Waals surface area contributed by atoms with Gasteiger partial charge in [-0.2, -0.15) is 0 Å². The van der Waals surface area contributed by atoms with Gasteiger partial charge in [0.1, 0.15) is 0 Å². The number of rotatable bonds is 9. The van der Waals surface area contributed by atoms with Crippen molar-refractivity contribution >= 4 is 194 Å². The molecule has 26 aromatic rings. The van der Waals surface area contributed by atoms with Gasteiger partial charge in [-0.25, -0.2) is 0 Å². The van der Waals surface area contributed by atoms with Gasteiger partial charge >= 0.3 is 0 Å². The van der Waals surface area contributed by atoms with Gasteiger partial charge in [0, 0.05) is 139 Å². The molecule has 0 aliphatic rings. The molecule has 0 saturated heterocycles. The fourth-order valence-electron chi connectivity index (χ4n) is 20.0. The molecule has 0 spiro atoms. The van der Waals surface area contributed by atoms with Gasteiger partial charge in [0.05, 0.1) is 66.2 Å². The molecule has 0 saturated carbocycles. The van der Waals surface area contributed by atoms with Crippen molar-refractivity contribution in [2.24, 2.45) is 0 Å². The number of hydrogen-bond acceptors (Lipinski definition) is 2. The van der Waals surface area contributed by atoms with Crippen molar-refractivity contribution in [1.82, 2.24) is 27.4 Å². The first kappa shape index (κ1) is 63.8. The van der Waals surface area contributed by atoms with E-state index in [4.69, 9.17) is 0 Å². The minimum Gasteiger partial charge on any atom is -0.307 e. The van der Waals surface area contributed by atoms with Crippen molar-refractivity contribution < 1.29 is 0 Å². The van der Waals surface area contributed by atoms with Gasteiger partial charge < -0.3 is 27.4 Å². The van der Waals surface area contributed by atoms with E-state index in [0.29, 0.717) is 0 Å². The monoisotopic (exact) mass is 1510 g/mol. The van der Waals surface area contributed by atoms with Crippen molar-refractivity contribution in [3.05, 3.63) is 388 Å². The fourth-order valence-corrected chi connectivity index (χ4v) is 22.2. The van der Waals surface area contributed by atoms with Gasteiger partial charge in [-0.1, -0.05) is 255 Å². The van der Waals surface area contributed by atoms with E-state index >= 15 is 0 Å². The second kappa shape index (κ2) is 24.4. The summed E-state index contributed by atoms with van der Waals surface area (Å²) in [5, 5.41) is 19.5. The summed E-state index contributed by atoms with van der Waals surface area (Å²) in [5.74, 6) is 0. The fraction of sp³-hybridized carbons (Fsp3) is 0. The molecule has 8 aromatic heterocycles. The van der Waals surface area contributed by atoms with Crippen molar-refractivity contribution in [2.45, 2.75) is 0 Å². The molecule has 0 aliphatic heterocycles. The molecular weight excluding hydrogens is 1450 g/mol. The van der Waals surface area contributed by atoms with E-state index in [2.05, 4.69) is 416 Å². The number of benzene rings is 18. The van der Waals surface area contributed by atoms with E-state index in [-0.39, 0.29) is 0 Å². The molecule has 26 rings (SSSR count). The highest BCUT2D eigenvalue weighted by Gasteiger charge is 2.28. The average molecular weight is 1510 g/mol. The smallest absolute Gasteiger partial charge is 0.0788 e. The van der Waals surface area contributed by atoms with E-state index in [1.807, 2.05) is 22.7 Å². The molecule has 0 fully saturated rings. The summed E-state index contributed by atoms with van der Waals surface area (Å²) in [7, 11) is 0. The third-order valence-electron chi connectivity index (χ3n) is 24.9. The van der Waals surface area contributed by atoms with E-state index in [1.165, 1.54) is 127 Å². The maximum absolute atomic E-state index is 2.60. The minimum atomic E-state index is 1.04. The van der Waals surface area contributed by atoms with E-state index in [1.54, 1.807) is 0 Å². The highest BCUT2D eigenvalue weighted by atomic mass is 32.1. The first-order valence-corrected chi connectivity index (χ1v) is 41.4. The van der Waals surface area contributed by atoms with E-state index in [0.717, 1.165) is 111 Å². The number of hydrogen-bond donors (Lipinski definition) is 0. The van der Waals surface area contributed by atoms with Crippen molar-refractivity contribution in [3.63, 3.8) is 0 Å². The van der Waals surface area contributed by atoms with Crippen LogP contribution in [0.15, 0.2) is 388 Å². The van der Waals surface area contributed by atoms with Crippen LogP contribution in [0.4, 0.5) is 0 Å². The van der Waals surface area contributed by atoms with Crippen LogP contribution in [0.5, 0.6) is 0 Å². The van der Waals surface area contributed by atoms with Crippen LogP contribution in [-0.2, 0) is 0 Å². The third kappa shape index (κ3) is 9.10. The standard InChI is InChI=1S/C108H64N6S2/c1-2-26-71(27-3-1)109-93-39-12-4-31-77(93)86-50-54-90-81-35-8-16-43-97(81)113(107(90)103(86)109)75-60-70(61-76(64-75)114-98-44-17-9-36-82(98)91-55-53-89-80-34-7-14-41-95(80)111(106(89)108(91)114)73-29-21-24-66(58-73)69-47-49-85-83-37-10-18-45-99(83)116-102(85)63-69)67-25-22-30-74(59-67)112-96-42-15-6-33-79(96)88-52-51-87-78-32-5-13-40-94(78)110(104(87)105(88)112)72-28-20-23-65(57-72)68-48-56-101-92(62-68)84-38-11-19-46-100(84)115-101/h1-64H. The molecule has 6 nitrogen and oxygen atoms in total. The molecule has 0 amide bonds. The Hall–Kier alpha value is -14.8. The lowest BCUT2D eigenvalue weighted by molar-refractivity contribution is 1.12. The molecule has 8 heterocycles. The summed E-state index contributed by atoms with van der Waals surface area (Å²) in [5.41, 5.74) is 27.1. The van der Waals surface area contributed by atoms with E-state index in [9.17, 15) is 0 Å². The zero-order valence-corrected chi connectivity index (χ0v) is 64.1. The lowest BCUT2D eigenvalue weighted by atomic mass is 10.0. The van der Waals surface area contributed by atoms with Crippen LogP contribution < -0.4 is 0 Å². The molecule has 0 atom stereocenters. The molecule has 0 radical (unpaired) electrons. The predicted octanol–water partition coefficient (Wildman–Crippen LogP) is 30.0. The lowest BCUT2D eigenvalue weighted by Gasteiger charge is -2.18. The zero-order valence-electron chi connectivity index (χ0n) is 62.5. The minimum absolute atomic E-state index is 1.04. The van der Waals surface area contributed by atoms with Crippen LogP contribution in [0.1, 0.15) is 0 Å². The highest BCUT2D eigenvalue weighted by molar-refractivity contribution is 7.26. The molecule has 0 unspecified atom stereocenters. The molecular formula is C108H64N6S2. The first-order valence-electron chi connectivity index (χ1n) is 39.8. The highest BCUT2D eigenvalue weighted by Crippen LogP contribution is 2.49. The number of aromatic nitrogens is 6. The van der Waals surface area contributed by atoms with Gasteiger partial charge in [0.2, 0.25) is 0 Å². The number of thiophene rings is 2. The van der Waals surface area contributed by atoms with Gasteiger partial charge in [-0.05, 0) is 167 Å². The molecule has 18 aromatic carbocycles. The van der Waals surface area contributed by atoms with Gasteiger partial charge in [0.25, 0.3) is 0 Å². The van der Waals surface area contributed by atoms with Crippen LogP contribution in [0.25, 0.3) is 239 Å². The Labute approximate surface area is 672 Å². The summed E-state index contributed by atoms with van der Waals surface area (Å²) >= 11 is 3.73. The molecule has 538 valence electrons. The third-order valence-corrected chi connectivity index (χ3v) is 27.2. The van der Waals surface area contributed by atoms with Gasteiger partial charge in [-0.3, -0.25) is 0 Å². The topological polar surface area (TPSA) is 29.6 Å². The van der Waals surface area contributed by atoms with Crippen LogP contribution >= 0.6 is 22.7 Å². The lowest BCUT2D eigenvalue weighted by Crippen LogP contribution is -2.03. The number of para-hydroxylation sites is 7.